The number of rotatable bonds is 3. The molecule has 2 heterocycles. The second-order valence-corrected chi connectivity index (χ2v) is 5.70. The summed E-state index contributed by atoms with van der Waals surface area (Å²) in [5.41, 5.74) is 1.92. The van der Waals surface area contributed by atoms with Crippen molar-refractivity contribution in [1.29, 1.82) is 0 Å². The number of carbonyl (C=O) groups is 1. The van der Waals surface area contributed by atoms with E-state index < -0.39 is 11.5 Å². The molecule has 0 aliphatic carbocycles. The monoisotopic (exact) mass is 347 g/mol. The number of carbonyl (C=O) groups excluding carboxylic acids is 1. The van der Waals surface area contributed by atoms with Crippen molar-refractivity contribution in [3.63, 3.8) is 0 Å². The van der Waals surface area contributed by atoms with Crippen LogP contribution in [0.1, 0.15) is 15.9 Å². The van der Waals surface area contributed by atoms with E-state index in [2.05, 4.69) is 20.8 Å². The summed E-state index contributed by atoms with van der Waals surface area (Å²) >= 11 is 0. The predicted molar refractivity (Wildman–Crippen MR) is 94.3 cm³/mol. The predicted octanol–water partition coefficient (Wildman–Crippen LogP) is 2.33. The number of anilines is 1. The quantitative estimate of drug-likeness (QED) is 0.571. The van der Waals surface area contributed by atoms with E-state index in [4.69, 9.17) is 4.42 Å². The molecule has 0 aliphatic rings. The Labute approximate surface area is 147 Å². The van der Waals surface area contributed by atoms with Crippen molar-refractivity contribution in [3.8, 4) is 5.69 Å². The van der Waals surface area contributed by atoms with E-state index in [9.17, 15) is 9.59 Å². The molecule has 8 nitrogen and oxygen atoms in total. The Kier molecular flexibility index (Phi) is 3.77. The highest BCUT2D eigenvalue weighted by Crippen LogP contribution is 2.19. The lowest BCUT2D eigenvalue weighted by molar-refractivity contribution is 0.102. The van der Waals surface area contributed by atoms with Gasteiger partial charge in [0.25, 0.3) is 5.91 Å². The van der Waals surface area contributed by atoms with Crippen molar-refractivity contribution in [2.75, 3.05) is 5.32 Å². The minimum absolute atomic E-state index is 0.0501. The standard InChI is InChI=1S/C18H13N5O3/c1-11-8-13(6-7-15(11)23-10-19-21-22-23)20-17(24)14-9-12-4-2-3-5-16(12)26-18(14)25/h2-10H,1H3,(H,20,24). The molecule has 0 saturated carbocycles. The van der Waals surface area contributed by atoms with Gasteiger partial charge in [-0.1, -0.05) is 18.2 Å². The third-order valence-corrected chi connectivity index (χ3v) is 3.94. The van der Waals surface area contributed by atoms with Crippen LogP contribution in [0.3, 0.4) is 0 Å². The summed E-state index contributed by atoms with van der Waals surface area (Å²) in [5.74, 6) is -0.529. The van der Waals surface area contributed by atoms with E-state index in [1.165, 1.54) is 17.1 Å². The average molecular weight is 347 g/mol. The lowest BCUT2D eigenvalue weighted by Crippen LogP contribution is -2.20. The number of hydrogen-bond donors (Lipinski definition) is 1. The fourth-order valence-electron chi connectivity index (χ4n) is 2.68. The van der Waals surface area contributed by atoms with Crippen LogP contribution in [0.2, 0.25) is 0 Å². The Morgan fingerprint density at radius 2 is 2.00 bits per heavy atom. The maximum atomic E-state index is 12.5. The van der Waals surface area contributed by atoms with Gasteiger partial charge in [-0.3, -0.25) is 4.79 Å². The molecule has 0 atom stereocenters. The van der Waals surface area contributed by atoms with Gasteiger partial charge < -0.3 is 9.73 Å². The summed E-state index contributed by atoms with van der Waals surface area (Å²) in [6.07, 6.45) is 1.49. The summed E-state index contributed by atoms with van der Waals surface area (Å²) in [7, 11) is 0. The fraction of sp³-hybridized carbons (Fsp3) is 0.0556. The van der Waals surface area contributed by atoms with Gasteiger partial charge in [0.2, 0.25) is 0 Å². The zero-order valence-electron chi connectivity index (χ0n) is 13.7. The second kappa shape index (κ2) is 6.25. The molecule has 4 rings (SSSR count). The van der Waals surface area contributed by atoms with Crippen LogP contribution in [-0.4, -0.2) is 26.1 Å². The first-order valence-corrected chi connectivity index (χ1v) is 7.80. The molecule has 0 aliphatic heterocycles. The van der Waals surface area contributed by atoms with Gasteiger partial charge in [0.15, 0.2) is 0 Å². The lowest BCUT2D eigenvalue weighted by Gasteiger charge is -2.09. The zero-order valence-corrected chi connectivity index (χ0v) is 13.7. The minimum Gasteiger partial charge on any atom is -0.422 e. The smallest absolute Gasteiger partial charge is 0.349 e. The van der Waals surface area contributed by atoms with Crippen LogP contribution in [0.25, 0.3) is 16.7 Å². The maximum absolute atomic E-state index is 12.5. The molecule has 1 amide bonds. The number of nitrogens with zero attached hydrogens (tertiary/aromatic N) is 4. The molecule has 4 aromatic rings. The van der Waals surface area contributed by atoms with Gasteiger partial charge in [-0.05, 0) is 53.2 Å². The number of amides is 1. The van der Waals surface area contributed by atoms with Gasteiger partial charge in [-0.2, -0.15) is 0 Å². The van der Waals surface area contributed by atoms with Crippen LogP contribution in [-0.2, 0) is 0 Å². The summed E-state index contributed by atoms with van der Waals surface area (Å²) in [6.45, 7) is 1.87. The molecule has 1 N–H and O–H groups in total. The first-order chi connectivity index (χ1) is 12.6. The van der Waals surface area contributed by atoms with Crippen molar-refractivity contribution < 1.29 is 9.21 Å². The summed E-state index contributed by atoms with van der Waals surface area (Å²) in [6, 6.07) is 13.8. The Balaban J connectivity index is 1.63. The largest absolute Gasteiger partial charge is 0.422 e. The molecule has 128 valence electrons. The molecule has 2 aromatic heterocycles. The number of hydrogen-bond acceptors (Lipinski definition) is 6. The van der Waals surface area contributed by atoms with Crippen LogP contribution in [0, 0.1) is 6.92 Å². The van der Waals surface area contributed by atoms with Crippen molar-refractivity contribution in [2.24, 2.45) is 0 Å². The van der Waals surface area contributed by atoms with Gasteiger partial charge >= 0.3 is 5.63 Å². The van der Waals surface area contributed by atoms with E-state index >= 15 is 0 Å². The number of aryl methyl sites for hydroxylation is 1. The molecule has 0 radical (unpaired) electrons. The average Bonchev–Trinajstić information content (AvgIpc) is 3.15. The summed E-state index contributed by atoms with van der Waals surface area (Å²) in [5, 5.41) is 14.4. The summed E-state index contributed by atoms with van der Waals surface area (Å²) in [4.78, 5) is 24.6. The van der Waals surface area contributed by atoms with Gasteiger partial charge in [0.05, 0.1) is 5.69 Å². The second-order valence-electron chi connectivity index (χ2n) is 5.70. The third kappa shape index (κ3) is 2.84. The van der Waals surface area contributed by atoms with E-state index in [0.29, 0.717) is 16.7 Å². The molecule has 0 unspecified atom stereocenters. The third-order valence-electron chi connectivity index (χ3n) is 3.94. The topological polar surface area (TPSA) is 103 Å². The molecular weight excluding hydrogens is 334 g/mol. The number of fused-ring (bicyclic) bond motifs is 1. The first-order valence-electron chi connectivity index (χ1n) is 7.80. The molecule has 8 heteroatoms. The van der Waals surface area contributed by atoms with E-state index in [-0.39, 0.29) is 5.56 Å². The molecule has 0 saturated heterocycles. The lowest BCUT2D eigenvalue weighted by atomic mass is 10.1. The highest BCUT2D eigenvalue weighted by Gasteiger charge is 2.14. The Morgan fingerprint density at radius 3 is 2.77 bits per heavy atom. The minimum atomic E-state index is -0.678. The molecule has 26 heavy (non-hydrogen) atoms. The Hall–Kier alpha value is -3.81. The van der Waals surface area contributed by atoms with Crippen LogP contribution in [0.5, 0.6) is 0 Å². The Morgan fingerprint density at radius 1 is 1.15 bits per heavy atom. The Bertz CT molecular complexity index is 1170. The number of benzene rings is 2. The van der Waals surface area contributed by atoms with E-state index in [1.54, 1.807) is 36.4 Å². The van der Waals surface area contributed by atoms with Gasteiger partial charge in [-0.15, -0.1) is 5.10 Å². The summed E-state index contributed by atoms with van der Waals surface area (Å²) < 4.78 is 6.73. The van der Waals surface area contributed by atoms with Crippen LogP contribution in [0.4, 0.5) is 5.69 Å². The zero-order chi connectivity index (χ0) is 18.1. The first kappa shape index (κ1) is 15.7. The van der Waals surface area contributed by atoms with Gasteiger partial charge in [0.1, 0.15) is 17.5 Å². The maximum Gasteiger partial charge on any atom is 0.349 e. The van der Waals surface area contributed by atoms with Crippen LogP contribution < -0.4 is 10.9 Å². The normalized spacial score (nSPS) is 10.8. The molecular formula is C18H13N5O3. The van der Waals surface area contributed by atoms with Crippen LogP contribution >= 0.6 is 0 Å². The van der Waals surface area contributed by atoms with Crippen molar-refractivity contribution in [2.45, 2.75) is 6.92 Å². The van der Waals surface area contributed by atoms with Gasteiger partial charge in [-0.25, -0.2) is 9.48 Å². The fourth-order valence-corrected chi connectivity index (χ4v) is 2.68. The molecule has 0 fully saturated rings. The molecule has 0 spiro atoms. The SMILES string of the molecule is Cc1cc(NC(=O)c2cc3ccccc3oc2=O)ccc1-n1cnnn1. The van der Waals surface area contributed by atoms with E-state index in [0.717, 1.165) is 11.3 Å². The number of tetrazole rings is 1. The van der Waals surface area contributed by atoms with Crippen LogP contribution in [0.15, 0.2) is 64.1 Å². The van der Waals surface area contributed by atoms with Crippen molar-refractivity contribution in [1.82, 2.24) is 20.2 Å². The van der Waals surface area contributed by atoms with Gasteiger partial charge in [0, 0.05) is 11.1 Å². The number of nitrogens with one attached hydrogen (secondary N) is 1. The molecule has 0 bridgehead atoms. The highest BCUT2D eigenvalue weighted by molar-refractivity contribution is 6.05. The highest BCUT2D eigenvalue weighted by atomic mass is 16.4. The number of para-hydroxylation sites is 1. The molecule has 2 aromatic carbocycles. The van der Waals surface area contributed by atoms with Crippen molar-refractivity contribution in [3.05, 3.63) is 76.4 Å². The van der Waals surface area contributed by atoms with E-state index in [1.807, 2.05) is 13.0 Å². The van der Waals surface area contributed by atoms with Crippen molar-refractivity contribution >= 4 is 22.6 Å². The number of aromatic nitrogens is 4.